The van der Waals surface area contributed by atoms with Gasteiger partial charge in [-0.25, -0.2) is 8.42 Å². The van der Waals surface area contributed by atoms with Gasteiger partial charge in [0.1, 0.15) is 5.75 Å². The summed E-state index contributed by atoms with van der Waals surface area (Å²) in [4.78, 5) is 24.6. The lowest BCUT2D eigenvalue weighted by Crippen LogP contribution is -2.41. The first kappa shape index (κ1) is 20.2. The van der Waals surface area contributed by atoms with Gasteiger partial charge in [-0.3, -0.25) is 9.59 Å². The van der Waals surface area contributed by atoms with Crippen molar-refractivity contribution >= 4 is 21.7 Å². The molecule has 1 rings (SSSR count). The zero-order valence-corrected chi connectivity index (χ0v) is 15.2. The fourth-order valence-electron chi connectivity index (χ4n) is 1.99. The summed E-state index contributed by atoms with van der Waals surface area (Å²) in [5.74, 6) is -2.01. The van der Waals surface area contributed by atoms with E-state index in [2.05, 4.69) is 0 Å². The van der Waals surface area contributed by atoms with E-state index < -0.39 is 32.2 Å². The molecule has 0 aliphatic carbocycles. The summed E-state index contributed by atoms with van der Waals surface area (Å²) in [6, 6.07) is 9.21. The van der Waals surface area contributed by atoms with Crippen LogP contribution in [0.5, 0.6) is 0 Å². The summed E-state index contributed by atoms with van der Waals surface area (Å²) in [7, 11) is -3.58. The molecule has 0 radical (unpaired) electrons. The number of carboxylic acid groups (broad SMARTS) is 1. The lowest BCUT2D eigenvalue weighted by Gasteiger charge is -2.25. The largest absolute Gasteiger partial charge is 0.481 e. The zero-order valence-electron chi connectivity index (χ0n) is 14.4. The lowest BCUT2D eigenvalue weighted by molar-refractivity contribution is -0.138. The molecule has 1 aromatic rings. The Morgan fingerprint density at radius 2 is 1.71 bits per heavy atom. The van der Waals surface area contributed by atoms with E-state index in [0.717, 1.165) is 5.56 Å². The maximum absolute atomic E-state index is 12.5. The maximum atomic E-state index is 12.5. The second-order valence-electron chi connectivity index (χ2n) is 6.67. The van der Waals surface area contributed by atoms with Crippen molar-refractivity contribution in [1.82, 2.24) is 4.90 Å². The summed E-state index contributed by atoms with van der Waals surface area (Å²) < 4.78 is 23.5. The van der Waals surface area contributed by atoms with Gasteiger partial charge in [0.2, 0.25) is 5.91 Å². The fraction of sp³-hybridized carbons (Fsp3) is 0.529. The number of carbonyl (C=O) groups is 2. The Kier molecular flexibility index (Phi) is 6.95. The van der Waals surface area contributed by atoms with Crippen molar-refractivity contribution in [2.24, 2.45) is 0 Å². The van der Waals surface area contributed by atoms with Crippen LogP contribution in [0, 0.1) is 0 Å². The second kappa shape index (κ2) is 8.28. The van der Waals surface area contributed by atoms with Crippen molar-refractivity contribution in [3.05, 3.63) is 35.9 Å². The van der Waals surface area contributed by atoms with Crippen LogP contribution < -0.4 is 0 Å². The number of sulfone groups is 1. The normalized spacial score (nSPS) is 12.0. The van der Waals surface area contributed by atoms with E-state index in [0.29, 0.717) is 0 Å². The summed E-state index contributed by atoms with van der Waals surface area (Å²) in [6.45, 7) is 5.14. The van der Waals surface area contributed by atoms with Gasteiger partial charge in [0, 0.05) is 19.5 Å². The van der Waals surface area contributed by atoms with E-state index >= 15 is 0 Å². The molecule has 0 spiro atoms. The number of amides is 1. The van der Waals surface area contributed by atoms with Crippen molar-refractivity contribution in [3.8, 4) is 0 Å². The standard InChI is InChI=1S/C17H25NO5S/c1-17(2,3)24(22,23)13-15(19)18(11-7-10-16(20)21)12-14-8-5-4-6-9-14/h4-6,8-9H,7,10-13H2,1-3H3,(H,20,21). The number of hydrogen-bond donors (Lipinski definition) is 1. The molecule has 7 heteroatoms. The highest BCUT2D eigenvalue weighted by Gasteiger charge is 2.32. The summed E-state index contributed by atoms with van der Waals surface area (Å²) >= 11 is 0. The van der Waals surface area contributed by atoms with Crippen LogP contribution in [0.15, 0.2) is 30.3 Å². The third kappa shape index (κ3) is 6.31. The number of rotatable bonds is 8. The highest BCUT2D eigenvalue weighted by Crippen LogP contribution is 2.17. The topological polar surface area (TPSA) is 91.8 Å². The van der Waals surface area contributed by atoms with E-state index in [1.165, 1.54) is 4.90 Å². The molecule has 1 amide bonds. The van der Waals surface area contributed by atoms with E-state index in [1.54, 1.807) is 20.8 Å². The van der Waals surface area contributed by atoms with Crippen LogP contribution in [-0.4, -0.2) is 47.3 Å². The van der Waals surface area contributed by atoms with Gasteiger partial charge in [-0.15, -0.1) is 0 Å². The van der Waals surface area contributed by atoms with Gasteiger partial charge in [0.15, 0.2) is 9.84 Å². The summed E-state index contributed by atoms with van der Waals surface area (Å²) in [6.07, 6.45) is 0.216. The third-order valence-electron chi connectivity index (χ3n) is 3.63. The SMILES string of the molecule is CC(C)(C)S(=O)(=O)CC(=O)N(CCCC(=O)O)Cc1ccccc1. The number of nitrogens with zero attached hydrogens (tertiary/aromatic N) is 1. The minimum atomic E-state index is -3.58. The van der Waals surface area contributed by atoms with Crippen molar-refractivity contribution in [3.63, 3.8) is 0 Å². The quantitative estimate of drug-likeness (QED) is 0.771. The first-order chi connectivity index (χ1) is 11.0. The number of hydrogen-bond acceptors (Lipinski definition) is 4. The summed E-state index contributed by atoms with van der Waals surface area (Å²) in [5.41, 5.74) is 0.870. The summed E-state index contributed by atoms with van der Waals surface area (Å²) in [5, 5.41) is 8.75. The van der Waals surface area contributed by atoms with Gasteiger partial charge in [-0.2, -0.15) is 0 Å². The molecule has 134 valence electrons. The minimum Gasteiger partial charge on any atom is -0.481 e. The van der Waals surface area contributed by atoms with Crippen LogP contribution in [-0.2, 0) is 26.0 Å². The molecule has 0 saturated heterocycles. The molecule has 6 nitrogen and oxygen atoms in total. The Labute approximate surface area is 143 Å². The molecule has 0 heterocycles. The molecule has 0 bridgehead atoms. The highest BCUT2D eigenvalue weighted by molar-refractivity contribution is 7.93. The Hall–Kier alpha value is -1.89. The van der Waals surface area contributed by atoms with Crippen LogP contribution in [0.1, 0.15) is 39.2 Å². The van der Waals surface area contributed by atoms with Crippen molar-refractivity contribution in [2.75, 3.05) is 12.3 Å². The van der Waals surface area contributed by atoms with Gasteiger partial charge in [0.25, 0.3) is 0 Å². The molecule has 0 aromatic heterocycles. The molecule has 0 aliphatic rings. The number of carboxylic acids is 1. The molecule has 1 N–H and O–H groups in total. The Morgan fingerprint density at radius 3 is 2.21 bits per heavy atom. The molecule has 24 heavy (non-hydrogen) atoms. The molecule has 0 saturated carbocycles. The van der Waals surface area contributed by atoms with Gasteiger partial charge in [-0.1, -0.05) is 30.3 Å². The van der Waals surface area contributed by atoms with Crippen molar-refractivity contribution in [1.29, 1.82) is 0 Å². The van der Waals surface area contributed by atoms with Crippen LogP contribution in [0.4, 0.5) is 0 Å². The van der Waals surface area contributed by atoms with Crippen LogP contribution >= 0.6 is 0 Å². The number of benzene rings is 1. The average molecular weight is 355 g/mol. The molecule has 0 atom stereocenters. The average Bonchev–Trinajstić information content (AvgIpc) is 2.45. The first-order valence-corrected chi connectivity index (χ1v) is 9.44. The lowest BCUT2D eigenvalue weighted by atomic mass is 10.2. The predicted octanol–water partition coefficient (Wildman–Crippen LogP) is 2.09. The second-order valence-corrected chi connectivity index (χ2v) is 9.41. The fourth-order valence-corrected chi connectivity index (χ4v) is 2.93. The minimum absolute atomic E-state index is 0.0649. The maximum Gasteiger partial charge on any atom is 0.303 e. The number of carbonyl (C=O) groups excluding carboxylic acids is 1. The smallest absolute Gasteiger partial charge is 0.303 e. The van der Waals surface area contributed by atoms with E-state index in [4.69, 9.17) is 5.11 Å². The Morgan fingerprint density at radius 1 is 1.12 bits per heavy atom. The van der Waals surface area contributed by atoms with Gasteiger partial charge in [0.05, 0.1) is 4.75 Å². The molecule has 1 aromatic carbocycles. The van der Waals surface area contributed by atoms with E-state index in [-0.39, 0.29) is 25.9 Å². The van der Waals surface area contributed by atoms with Gasteiger partial charge < -0.3 is 10.0 Å². The molecule has 0 fully saturated rings. The zero-order chi connectivity index (χ0) is 18.4. The predicted molar refractivity (Wildman–Crippen MR) is 92.3 cm³/mol. The Bertz CT molecular complexity index is 662. The molecule has 0 unspecified atom stereocenters. The Balaban J connectivity index is 2.86. The van der Waals surface area contributed by atoms with Crippen LogP contribution in [0.3, 0.4) is 0 Å². The number of aliphatic carboxylic acids is 1. The monoisotopic (exact) mass is 355 g/mol. The van der Waals surface area contributed by atoms with Gasteiger partial charge >= 0.3 is 5.97 Å². The van der Waals surface area contributed by atoms with Crippen molar-refractivity contribution in [2.45, 2.75) is 44.9 Å². The first-order valence-electron chi connectivity index (χ1n) is 7.79. The molecular weight excluding hydrogens is 330 g/mol. The van der Waals surface area contributed by atoms with Crippen LogP contribution in [0.2, 0.25) is 0 Å². The van der Waals surface area contributed by atoms with E-state index in [9.17, 15) is 18.0 Å². The van der Waals surface area contributed by atoms with Gasteiger partial charge in [-0.05, 0) is 32.8 Å². The van der Waals surface area contributed by atoms with Crippen molar-refractivity contribution < 1.29 is 23.1 Å². The molecule has 0 aliphatic heterocycles. The molecular formula is C17H25NO5S. The van der Waals surface area contributed by atoms with E-state index in [1.807, 2.05) is 30.3 Å². The highest BCUT2D eigenvalue weighted by atomic mass is 32.2. The third-order valence-corrected chi connectivity index (χ3v) is 6.13. The van der Waals surface area contributed by atoms with Crippen LogP contribution in [0.25, 0.3) is 0 Å².